The van der Waals surface area contributed by atoms with E-state index in [1.54, 1.807) is 36.4 Å². The summed E-state index contributed by atoms with van der Waals surface area (Å²) in [5, 5.41) is 3.61. The van der Waals surface area contributed by atoms with E-state index in [9.17, 15) is 4.79 Å². The van der Waals surface area contributed by atoms with Crippen molar-refractivity contribution in [2.24, 2.45) is 0 Å². The minimum Gasteiger partial charge on any atom is -0.398 e. The smallest absolute Gasteiger partial charge is 0.256 e. The number of halogens is 3. The Balaban J connectivity index is 2.25. The molecule has 0 heterocycles. The first-order valence-corrected chi connectivity index (χ1v) is 6.83. The summed E-state index contributed by atoms with van der Waals surface area (Å²) in [6.07, 6.45) is 0. The molecule has 3 N–H and O–H groups in total. The van der Waals surface area contributed by atoms with E-state index in [0.717, 1.165) is 0 Å². The summed E-state index contributed by atoms with van der Waals surface area (Å²) < 4.78 is 0.663. The highest BCUT2D eigenvalue weighted by Gasteiger charge is 2.11. The van der Waals surface area contributed by atoms with E-state index in [1.165, 1.54) is 0 Å². The Morgan fingerprint density at radius 2 is 1.89 bits per heavy atom. The lowest BCUT2D eigenvalue weighted by molar-refractivity contribution is 0.102. The Bertz CT molecular complexity index is 647. The van der Waals surface area contributed by atoms with Gasteiger partial charge in [-0.1, -0.05) is 23.2 Å². The van der Waals surface area contributed by atoms with Gasteiger partial charge in [0.1, 0.15) is 0 Å². The molecule has 0 aromatic heterocycles. The highest BCUT2D eigenvalue weighted by Crippen LogP contribution is 2.25. The molecular weight excluding hydrogens is 351 g/mol. The van der Waals surface area contributed by atoms with Crippen LogP contribution in [0.25, 0.3) is 0 Å². The Kier molecular flexibility index (Phi) is 4.34. The lowest BCUT2D eigenvalue weighted by atomic mass is 10.2. The van der Waals surface area contributed by atoms with Crippen molar-refractivity contribution in [2.75, 3.05) is 11.1 Å². The quantitative estimate of drug-likeness (QED) is 0.770. The molecule has 0 spiro atoms. The van der Waals surface area contributed by atoms with Gasteiger partial charge >= 0.3 is 0 Å². The van der Waals surface area contributed by atoms with Crippen LogP contribution in [0.4, 0.5) is 11.4 Å². The molecule has 19 heavy (non-hydrogen) atoms. The van der Waals surface area contributed by atoms with E-state index in [-0.39, 0.29) is 5.91 Å². The molecule has 2 aromatic rings. The highest BCUT2D eigenvalue weighted by atomic mass is 79.9. The number of rotatable bonds is 2. The molecule has 0 unspecified atom stereocenters. The molecule has 0 saturated heterocycles. The van der Waals surface area contributed by atoms with Crippen molar-refractivity contribution in [1.82, 2.24) is 0 Å². The van der Waals surface area contributed by atoms with Gasteiger partial charge in [0.05, 0.1) is 16.3 Å². The van der Waals surface area contributed by atoms with Gasteiger partial charge in [-0.2, -0.15) is 0 Å². The summed E-state index contributed by atoms with van der Waals surface area (Å²) in [4.78, 5) is 12.1. The topological polar surface area (TPSA) is 55.1 Å². The molecular formula is C13H9BrCl2N2O. The average molecular weight is 360 g/mol. The maximum Gasteiger partial charge on any atom is 0.256 e. The van der Waals surface area contributed by atoms with Gasteiger partial charge in [-0.25, -0.2) is 0 Å². The fourth-order valence-electron chi connectivity index (χ4n) is 1.47. The molecule has 0 saturated carbocycles. The fourth-order valence-corrected chi connectivity index (χ4v) is 2.25. The zero-order chi connectivity index (χ0) is 14.0. The molecule has 1 amide bonds. The van der Waals surface area contributed by atoms with Crippen molar-refractivity contribution in [3.63, 3.8) is 0 Å². The number of nitrogens with two attached hydrogens (primary N) is 1. The summed E-state index contributed by atoms with van der Waals surface area (Å²) in [5.74, 6) is -0.282. The Hall–Kier alpha value is -1.23. The minimum atomic E-state index is -0.282. The predicted molar refractivity (Wildman–Crippen MR) is 83.0 cm³/mol. The first kappa shape index (κ1) is 14.2. The second-order valence-electron chi connectivity index (χ2n) is 3.81. The van der Waals surface area contributed by atoms with Crippen LogP contribution in [0, 0.1) is 0 Å². The number of benzene rings is 2. The van der Waals surface area contributed by atoms with E-state index >= 15 is 0 Å². The highest BCUT2D eigenvalue weighted by molar-refractivity contribution is 9.10. The van der Waals surface area contributed by atoms with Gasteiger partial charge in [0.15, 0.2) is 0 Å². The minimum absolute atomic E-state index is 0.282. The number of hydrogen-bond donors (Lipinski definition) is 2. The van der Waals surface area contributed by atoms with Crippen LogP contribution in [0.15, 0.2) is 40.9 Å². The van der Waals surface area contributed by atoms with Gasteiger partial charge < -0.3 is 11.1 Å². The third-order valence-electron chi connectivity index (χ3n) is 2.43. The number of carbonyl (C=O) groups is 1. The van der Waals surface area contributed by atoms with Gasteiger partial charge in [-0.15, -0.1) is 0 Å². The van der Waals surface area contributed by atoms with Gasteiger partial charge in [-0.05, 0) is 52.3 Å². The van der Waals surface area contributed by atoms with Gasteiger partial charge in [0.25, 0.3) is 5.91 Å². The van der Waals surface area contributed by atoms with E-state index in [4.69, 9.17) is 28.9 Å². The van der Waals surface area contributed by atoms with E-state index in [0.29, 0.717) is 31.5 Å². The van der Waals surface area contributed by atoms with Crippen LogP contribution < -0.4 is 11.1 Å². The van der Waals surface area contributed by atoms with Crippen molar-refractivity contribution in [2.45, 2.75) is 0 Å². The van der Waals surface area contributed by atoms with Crippen LogP contribution in [-0.4, -0.2) is 5.91 Å². The summed E-state index contributed by atoms with van der Waals surface area (Å²) in [6, 6.07) is 9.89. The zero-order valence-corrected chi connectivity index (χ0v) is 12.7. The summed E-state index contributed by atoms with van der Waals surface area (Å²) in [7, 11) is 0. The number of nitrogens with one attached hydrogen (secondary N) is 1. The predicted octanol–water partition coefficient (Wildman–Crippen LogP) is 4.59. The number of anilines is 2. The van der Waals surface area contributed by atoms with E-state index < -0.39 is 0 Å². The standard InChI is InChI=1S/C13H9BrCl2N2O/c14-10-3-1-7(15)5-9(10)13(19)18-8-2-4-12(17)11(16)6-8/h1-6H,17H2,(H,18,19). The number of amides is 1. The first-order chi connectivity index (χ1) is 8.97. The van der Waals surface area contributed by atoms with Crippen molar-refractivity contribution in [3.05, 3.63) is 56.5 Å². The number of nitrogen functional groups attached to an aromatic ring is 1. The van der Waals surface area contributed by atoms with Crippen molar-refractivity contribution < 1.29 is 4.79 Å². The SMILES string of the molecule is Nc1ccc(NC(=O)c2cc(Cl)ccc2Br)cc1Cl. The van der Waals surface area contributed by atoms with Crippen LogP contribution in [0.1, 0.15) is 10.4 Å². The Morgan fingerprint density at radius 1 is 1.16 bits per heavy atom. The monoisotopic (exact) mass is 358 g/mol. The largest absolute Gasteiger partial charge is 0.398 e. The first-order valence-electron chi connectivity index (χ1n) is 5.29. The molecule has 2 aromatic carbocycles. The van der Waals surface area contributed by atoms with Gasteiger partial charge in [-0.3, -0.25) is 4.79 Å². The van der Waals surface area contributed by atoms with Crippen LogP contribution in [-0.2, 0) is 0 Å². The second kappa shape index (κ2) is 5.82. The molecule has 0 aliphatic rings. The molecule has 0 radical (unpaired) electrons. The number of hydrogen-bond acceptors (Lipinski definition) is 2. The van der Waals surface area contributed by atoms with E-state index in [1.807, 2.05) is 0 Å². The van der Waals surface area contributed by atoms with Gasteiger partial charge in [0.2, 0.25) is 0 Å². The third-order valence-corrected chi connectivity index (χ3v) is 3.69. The van der Waals surface area contributed by atoms with Crippen molar-refractivity contribution in [1.29, 1.82) is 0 Å². The summed E-state index contributed by atoms with van der Waals surface area (Å²) in [5.41, 5.74) is 7.08. The van der Waals surface area contributed by atoms with Crippen molar-refractivity contribution in [3.8, 4) is 0 Å². The molecule has 0 aliphatic carbocycles. The second-order valence-corrected chi connectivity index (χ2v) is 5.51. The summed E-state index contributed by atoms with van der Waals surface area (Å²) in [6.45, 7) is 0. The summed E-state index contributed by atoms with van der Waals surface area (Å²) >= 11 is 15.1. The third kappa shape index (κ3) is 3.41. The van der Waals surface area contributed by atoms with Crippen molar-refractivity contribution >= 4 is 56.4 Å². The van der Waals surface area contributed by atoms with Gasteiger partial charge in [0, 0.05) is 15.2 Å². The molecule has 98 valence electrons. The number of carbonyl (C=O) groups excluding carboxylic acids is 1. The van der Waals surface area contributed by atoms with Crippen LogP contribution in [0.5, 0.6) is 0 Å². The molecule has 3 nitrogen and oxygen atoms in total. The van der Waals surface area contributed by atoms with Crippen LogP contribution in [0.2, 0.25) is 10.0 Å². The molecule has 0 bridgehead atoms. The lowest BCUT2D eigenvalue weighted by Crippen LogP contribution is -2.12. The lowest BCUT2D eigenvalue weighted by Gasteiger charge is -2.08. The Labute approximate surface area is 128 Å². The van der Waals surface area contributed by atoms with Crippen LogP contribution >= 0.6 is 39.1 Å². The van der Waals surface area contributed by atoms with Crippen LogP contribution in [0.3, 0.4) is 0 Å². The zero-order valence-electron chi connectivity index (χ0n) is 9.58. The Morgan fingerprint density at radius 3 is 2.58 bits per heavy atom. The fraction of sp³-hybridized carbons (Fsp3) is 0. The molecule has 2 rings (SSSR count). The molecule has 0 fully saturated rings. The molecule has 0 atom stereocenters. The normalized spacial score (nSPS) is 10.3. The van der Waals surface area contributed by atoms with E-state index in [2.05, 4.69) is 21.2 Å². The molecule has 0 aliphatic heterocycles. The maximum absolute atomic E-state index is 12.1. The maximum atomic E-state index is 12.1. The molecule has 6 heteroatoms. The average Bonchev–Trinajstić information content (AvgIpc) is 2.36.